The fraction of sp³-hybridized carbons (Fsp3) is 0.174. The second-order valence-corrected chi connectivity index (χ2v) is 7.05. The van der Waals surface area contributed by atoms with Crippen molar-refractivity contribution in [1.29, 1.82) is 0 Å². The molecule has 2 aromatic carbocycles. The maximum absolute atomic E-state index is 14.0. The van der Waals surface area contributed by atoms with Crippen LogP contribution in [0.4, 0.5) is 10.1 Å². The number of ether oxygens (including phenoxy) is 2. The normalized spacial score (nSPS) is 10.8. The summed E-state index contributed by atoms with van der Waals surface area (Å²) in [4.78, 5) is 16.9. The molecule has 0 saturated carbocycles. The Morgan fingerprint density at radius 3 is 2.69 bits per heavy atom. The molecular formula is C23H21FN4O4. The monoisotopic (exact) mass is 436 g/mol. The lowest BCUT2D eigenvalue weighted by atomic mass is 10.2. The molecule has 0 atom stereocenters. The summed E-state index contributed by atoms with van der Waals surface area (Å²) in [6, 6.07) is 13.4. The molecule has 0 radical (unpaired) electrons. The Labute approximate surface area is 183 Å². The molecule has 32 heavy (non-hydrogen) atoms. The van der Waals surface area contributed by atoms with E-state index in [1.54, 1.807) is 68.3 Å². The smallest absolute Gasteiger partial charge is 0.274 e. The van der Waals surface area contributed by atoms with Crippen molar-refractivity contribution in [2.45, 2.75) is 13.5 Å². The van der Waals surface area contributed by atoms with Gasteiger partial charge >= 0.3 is 0 Å². The first-order valence-electron chi connectivity index (χ1n) is 9.76. The van der Waals surface area contributed by atoms with Gasteiger partial charge < -0.3 is 23.9 Å². The number of carbonyl (C=O) groups excluding carboxylic acids is 1. The van der Waals surface area contributed by atoms with Crippen LogP contribution in [-0.2, 0) is 11.3 Å². The third kappa shape index (κ3) is 4.31. The number of aryl methyl sites for hydroxylation is 1. The summed E-state index contributed by atoms with van der Waals surface area (Å²) < 4.78 is 31.7. The van der Waals surface area contributed by atoms with Gasteiger partial charge in [0.2, 0.25) is 11.7 Å². The molecule has 2 heterocycles. The highest BCUT2D eigenvalue weighted by molar-refractivity contribution is 5.91. The predicted octanol–water partition coefficient (Wildman–Crippen LogP) is 4.31. The average molecular weight is 436 g/mol. The predicted molar refractivity (Wildman–Crippen MR) is 116 cm³/mol. The Morgan fingerprint density at radius 1 is 1.12 bits per heavy atom. The number of hydrogen-bond donors (Lipinski definition) is 1. The Balaban J connectivity index is 1.53. The highest BCUT2D eigenvalue weighted by Crippen LogP contribution is 2.32. The fourth-order valence-electron chi connectivity index (χ4n) is 3.23. The van der Waals surface area contributed by atoms with Crippen molar-refractivity contribution < 1.29 is 23.2 Å². The van der Waals surface area contributed by atoms with E-state index in [9.17, 15) is 9.18 Å². The van der Waals surface area contributed by atoms with Crippen molar-refractivity contribution in [3.8, 4) is 34.5 Å². The van der Waals surface area contributed by atoms with Gasteiger partial charge in [-0.15, -0.1) is 0 Å². The van der Waals surface area contributed by atoms with E-state index in [1.165, 1.54) is 12.1 Å². The van der Waals surface area contributed by atoms with Crippen LogP contribution in [0, 0.1) is 12.7 Å². The van der Waals surface area contributed by atoms with Crippen LogP contribution in [0.25, 0.3) is 23.0 Å². The van der Waals surface area contributed by atoms with Crippen LogP contribution in [0.2, 0.25) is 0 Å². The molecule has 0 aliphatic heterocycles. The number of rotatable bonds is 7. The topological polar surface area (TPSA) is 91.4 Å². The second kappa shape index (κ2) is 8.93. The van der Waals surface area contributed by atoms with E-state index >= 15 is 0 Å². The van der Waals surface area contributed by atoms with Crippen LogP contribution in [0.15, 0.2) is 59.3 Å². The van der Waals surface area contributed by atoms with Crippen molar-refractivity contribution in [1.82, 2.24) is 14.7 Å². The third-order valence-electron chi connectivity index (χ3n) is 4.83. The number of benzene rings is 2. The minimum Gasteiger partial charge on any atom is -0.493 e. The number of amides is 1. The summed E-state index contributed by atoms with van der Waals surface area (Å²) >= 11 is 0. The first kappa shape index (κ1) is 21.1. The van der Waals surface area contributed by atoms with Gasteiger partial charge in [0.1, 0.15) is 18.1 Å². The molecule has 8 nitrogen and oxygen atoms in total. The van der Waals surface area contributed by atoms with Gasteiger partial charge in [-0.05, 0) is 55.0 Å². The Bertz CT molecular complexity index is 1260. The van der Waals surface area contributed by atoms with E-state index in [-0.39, 0.29) is 24.0 Å². The molecule has 4 aromatic rings. The minimum absolute atomic E-state index is 0.0519. The zero-order chi connectivity index (χ0) is 22.7. The first-order chi connectivity index (χ1) is 15.5. The number of methoxy groups -OCH3 is 2. The highest BCUT2D eigenvalue weighted by atomic mass is 19.1. The maximum atomic E-state index is 14.0. The summed E-state index contributed by atoms with van der Waals surface area (Å²) in [5.74, 6) is 0.867. The number of nitrogens with zero attached hydrogens (tertiary/aromatic N) is 3. The number of nitrogens with one attached hydrogen (secondary N) is 1. The molecule has 164 valence electrons. The number of carbonyl (C=O) groups is 1. The molecule has 1 amide bonds. The van der Waals surface area contributed by atoms with Gasteiger partial charge in [-0.3, -0.25) is 4.79 Å². The van der Waals surface area contributed by atoms with Crippen molar-refractivity contribution in [2.24, 2.45) is 0 Å². The molecule has 0 spiro atoms. The molecule has 4 rings (SSSR count). The summed E-state index contributed by atoms with van der Waals surface area (Å²) in [5.41, 5.74) is 2.14. The van der Waals surface area contributed by atoms with Gasteiger partial charge in [0.25, 0.3) is 5.89 Å². The van der Waals surface area contributed by atoms with Crippen molar-refractivity contribution in [3.63, 3.8) is 0 Å². The van der Waals surface area contributed by atoms with E-state index in [2.05, 4.69) is 15.5 Å². The highest BCUT2D eigenvalue weighted by Gasteiger charge is 2.17. The Hall–Kier alpha value is -4.14. The summed E-state index contributed by atoms with van der Waals surface area (Å²) in [7, 11) is 3.10. The minimum atomic E-state index is -0.484. The molecule has 0 bridgehead atoms. The largest absolute Gasteiger partial charge is 0.493 e. The van der Waals surface area contributed by atoms with E-state index < -0.39 is 5.82 Å². The van der Waals surface area contributed by atoms with E-state index in [1.807, 2.05) is 0 Å². The lowest BCUT2D eigenvalue weighted by Gasteiger charge is -2.09. The van der Waals surface area contributed by atoms with Gasteiger partial charge in [-0.1, -0.05) is 11.2 Å². The van der Waals surface area contributed by atoms with Crippen LogP contribution in [-0.4, -0.2) is 34.8 Å². The standard InChI is InChI=1S/C23H21FN4O4/c1-14-6-8-17(16(24)11-14)25-21(29)13-28-10-4-5-18(28)23-26-22(27-32-23)15-7-9-19(30-2)20(12-15)31-3/h4-12H,13H2,1-3H3,(H,25,29). The average Bonchev–Trinajstić information content (AvgIpc) is 3.44. The summed E-state index contributed by atoms with van der Waals surface area (Å²) in [5, 5.41) is 6.62. The number of halogens is 1. The molecule has 0 unspecified atom stereocenters. The van der Waals surface area contributed by atoms with Crippen molar-refractivity contribution in [2.75, 3.05) is 19.5 Å². The molecule has 9 heteroatoms. The van der Waals surface area contributed by atoms with Gasteiger partial charge in [-0.25, -0.2) is 4.39 Å². The van der Waals surface area contributed by atoms with Crippen LogP contribution >= 0.6 is 0 Å². The van der Waals surface area contributed by atoms with E-state index in [4.69, 9.17) is 14.0 Å². The number of anilines is 1. The van der Waals surface area contributed by atoms with Crippen LogP contribution < -0.4 is 14.8 Å². The van der Waals surface area contributed by atoms with Crippen LogP contribution in [0.3, 0.4) is 0 Å². The summed E-state index contributed by atoms with van der Waals surface area (Å²) in [6.07, 6.45) is 1.71. The van der Waals surface area contributed by atoms with Crippen molar-refractivity contribution >= 4 is 11.6 Å². The second-order valence-electron chi connectivity index (χ2n) is 7.05. The molecule has 2 aromatic heterocycles. The Morgan fingerprint density at radius 2 is 1.94 bits per heavy atom. The van der Waals surface area contributed by atoms with Crippen molar-refractivity contribution in [3.05, 3.63) is 66.1 Å². The molecule has 0 saturated heterocycles. The fourth-order valence-corrected chi connectivity index (χ4v) is 3.23. The quantitative estimate of drug-likeness (QED) is 0.464. The van der Waals surface area contributed by atoms with Crippen LogP contribution in [0.5, 0.6) is 11.5 Å². The third-order valence-corrected chi connectivity index (χ3v) is 4.83. The van der Waals surface area contributed by atoms with Gasteiger partial charge in [0.15, 0.2) is 11.5 Å². The SMILES string of the molecule is COc1ccc(-c2noc(-c3cccn3CC(=O)Nc3ccc(C)cc3F)n2)cc1OC. The Kier molecular flexibility index (Phi) is 5.89. The first-order valence-corrected chi connectivity index (χ1v) is 9.76. The molecule has 1 N–H and O–H groups in total. The lowest BCUT2D eigenvalue weighted by Crippen LogP contribution is -2.19. The zero-order valence-electron chi connectivity index (χ0n) is 17.8. The molecule has 0 aliphatic rings. The lowest BCUT2D eigenvalue weighted by molar-refractivity contribution is -0.116. The van der Waals surface area contributed by atoms with Gasteiger partial charge in [-0.2, -0.15) is 4.98 Å². The van der Waals surface area contributed by atoms with Gasteiger partial charge in [0, 0.05) is 11.8 Å². The van der Waals surface area contributed by atoms with E-state index in [0.29, 0.717) is 28.6 Å². The summed E-state index contributed by atoms with van der Waals surface area (Å²) in [6.45, 7) is 1.73. The maximum Gasteiger partial charge on any atom is 0.274 e. The number of aromatic nitrogens is 3. The van der Waals surface area contributed by atoms with E-state index in [0.717, 1.165) is 5.56 Å². The zero-order valence-corrected chi connectivity index (χ0v) is 17.8. The number of hydrogen-bond acceptors (Lipinski definition) is 6. The van der Waals surface area contributed by atoms with Gasteiger partial charge in [0.05, 0.1) is 19.9 Å². The molecule has 0 fully saturated rings. The molecular weight excluding hydrogens is 415 g/mol. The van der Waals surface area contributed by atoms with Crippen LogP contribution in [0.1, 0.15) is 5.56 Å². The molecule has 0 aliphatic carbocycles.